The van der Waals surface area contributed by atoms with E-state index in [-0.39, 0.29) is 0 Å². The van der Waals surface area contributed by atoms with E-state index in [0.29, 0.717) is 13.1 Å². The molecule has 0 aliphatic heterocycles. The molecule has 0 saturated heterocycles. The normalized spacial score (nSPS) is 9.53. The van der Waals surface area contributed by atoms with Crippen molar-refractivity contribution in [2.45, 2.75) is 26.2 Å². The van der Waals surface area contributed by atoms with E-state index >= 15 is 0 Å². The topological polar surface area (TPSA) is 63.6 Å². The van der Waals surface area contributed by atoms with Gasteiger partial charge < -0.3 is 9.84 Å². The molecule has 4 nitrogen and oxygen atoms in total. The zero-order valence-corrected chi connectivity index (χ0v) is 11.1. The standard InChI is InChI=1S/C9H8O2.C6H12O2/c10-9(11)7-6-8-4-2-1-3-5-8;1-2-3-4-5-8-6-7/h1-7H,(H,10,11);6H,2-5H2,1H3. The van der Waals surface area contributed by atoms with Crippen molar-refractivity contribution in [1.29, 1.82) is 0 Å². The predicted molar refractivity (Wildman–Crippen MR) is 74.7 cm³/mol. The number of carboxylic acid groups (broad SMARTS) is 1. The Morgan fingerprint density at radius 2 is 1.95 bits per heavy atom. The number of carbonyl (C=O) groups excluding carboxylic acids is 1. The lowest BCUT2D eigenvalue weighted by Crippen LogP contribution is -1.89. The van der Waals surface area contributed by atoms with Crippen LogP contribution in [0.25, 0.3) is 6.08 Å². The van der Waals surface area contributed by atoms with Crippen LogP contribution < -0.4 is 0 Å². The van der Waals surface area contributed by atoms with Crippen LogP contribution in [0.4, 0.5) is 0 Å². The highest BCUT2D eigenvalue weighted by atomic mass is 16.5. The average Bonchev–Trinajstić information content (AvgIpc) is 2.43. The van der Waals surface area contributed by atoms with Crippen molar-refractivity contribution >= 4 is 18.5 Å². The van der Waals surface area contributed by atoms with Gasteiger partial charge in [0.1, 0.15) is 0 Å². The lowest BCUT2D eigenvalue weighted by atomic mass is 10.2. The minimum atomic E-state index is -0.922. The highest BCUT2D eigenvalue weighted by Gasteiger charge is 1.86. The Balaban J connectivity index is 0.000000362. The molecule has 0 bridgehead atoms. The van der Waals surface area contributed by atoms with Gasteiger partial charge in [0.15, 0.2) is 0 Å². The second kappa shape index (κ2) is 12.4. The summed E-state index contributed by atoms with van der Waals surface area (Å²) >= 11 is 0. The summed E-state index contributed by atoms with van der Waals surface area (Å²) in [6.07, 6.45) is 5.99. The Hall–Kier alpha value is -2.10. The van der Waals surface area contributed by atoms with Crippen molar-refractivity contribution in [3.63, 3.8) is 0 Å². The van der Waals surface area contributed by atoms with Crippen molar-refractivity contribution in [3.05, 3.63) is 42.0 Å². The van der Waals surface area contributed by atoms with Crippen molar-refractivity contribution < 1.29 is 19.4 Å². The van der Waals surface area contributed by atoms with Crippen LogP contribution in [0.15, 0.2) is 36.4 Å². The molecule has 1 N–H and O–H groups in total. The summed E-state index contributed by atoms with van der Waals surface area (Å²) in [4.78, 5) is 19.6. The highest BCUT2D eigenvalue weighted by Crippen LogP contribution is 1.99. The molecule has 0 radical (unpaired) electrons. The maximum atomic E-state index is 10.1. The molecule has 0 aromatic heterocycles. The number of carboxylic acids is 1. The van der Waals surface area contributed by atoms with E-state index in [1.54, 1.807) is 6.08 Å². The zero-order chi connectivity index (χ0) is 14.3. The number of rotatable bonds is 7. The summed E-state index contributed by atoms with van der Waals surface area (Å²) < 4.78 is 4.46. The Morgan fingerprint density at radius 1 is 1.26 bits per heavy atom. The molecule has 0 spiro atoms. The van der Waals surface area contributed by atoms with Crippen LogP contribution in [0.5, 0.6) is 0 Å². The SMILES string of the molecule is CCCCCOC=O.O=C(O)C=Cc1ccccc1. The van der Waals surface area contributed by atoms with E-state index in [2.05, 4.69) is 11.7 Å². The summed E-state index contributed by atoms with van der Waals surface area (Å²) in [6.45, 7) is 3.19. The molecule has 0 amide bonds. The third-order valence-corrected chi connectivity index (χ3v) is 2.15. The van der Waals surface area contributed by atoms with Crippen molar-refractivity contribution in [2.24, 2.45) is 0 Å². The Bertz CT molecular complexity index is 371. The first-order chi connectivity index (χ1) is 9.20. The third kappa shape index (κ3) is 12.2. The monoisotopic (exact) mass is 264 g/mol. The lowest BCUT2D eigenvalue weighted by Gasteiger charge is -1.93. The fourth-order valence-electron chi connectivity index (χ4n) is 1.22. The molecule has 0 saturated carbocycles. The van der Waals surface area contributed by atoms with Crippen molar-refractivity contribution in [1.82, 2.24) is 0 Å². The van der Waals surface area contributed by atoms with Crippen LogP contribution >= 0.6 is 0 Å². The minimum absolute atomic E-state index is 0.496. The summed E-state index contributed by atoms with van der Waals surface area (Å²) in [5, 5.41) is 8.29. The first-order valence-electron chi connectivity index (χ1n) is 6.22. The van der Waals surface area contributed by atoms with Crippen LogP contribution in [0.2, 0.25) is 0 Å². The molecule has 0 heterocycles. The number of hydrogen-bond donors (Lipinski definition) is 1. The van der Waals surface area contributed by atoms with Gasteiger partial charge in [-0.1, -0.05) is 50.1 Å². The van der Waals surface area contributed by atoms with Gasteiger partial charge in [-0.15, -0.1) is 0 Å². The molecule has 0 fully saturated rings. The number of ether oxygens (including phenoxy) is 1. The molecular formula is C15H20O4. The lowest BCUT2D eigenvalue weighted by molar-refractivity contribution is -0.131. The first-order valence-corrected chi connectivity index (χ1v) is 6.22. The number of benzene rings is 1. The van der Waals surface area contributed by atoms with Crippen molar-refractivity contribution in [3.8, 4) is 0 Å². The van der Waals surface area contributed by atoms with Gasteiger partial charge in [0.05, 0.1) is 6.61 Å². The summed E-state index contributed by atoms with van der Waals surface area (Å²) in [7, 11) is 0. The molecule has 0 aliphatic carbocycles. The van der Waals surface area contributed by atoms with Gasteiger partial charge in [-0.25, -0.2) is 4.79 Å². The van der Waals surface area contributed by atoms with Crippen molar-refractivity contribution in [2.75, 3.05) is 6.61 Å². The van der Waals surface area contributed by atoms with Crippen LogP contribution in [0.1, 0.15) is 31.7 Å². The van der Waals surface area contributed by atoms with E-state index in [9.17, 15) is 9.59 Å². The molecule has 0 aliphatic rings. The fraction of sp³-hybridized carbons (Fsp3) is 0.333. The number of unbranched alkanes of at least 4 members (excludes halogenated alkanes) is 2. The minimum Gasteiger partial charge on any atom is -0.478 e. The summed E-state index contributed by atoms with van der Waals surface area (Å²) in [5.41, 5.74) is 0.898. The molecule has 19 heavy (non-hydrogen) atoms. The molecule has 0 unspecified atom stereocenters. The second-order valence-electron chi connectivity index (χ2n) is 3.76. The number of aliphatic carboxylic acids is 1. The van der Waals surface area contributed by atoms with Gasteiger partial charge in [0, 0.05) is 6.08 Å². The van der Waals surface area contributed by atoms with Crippen LogP contribution in [0, 0.1) is 0 Å². The number of hydrogen-bond acceptors (Lipinski definition) is 3. The average molecular weight is 264 g/mol. The predicted octanol–water partition coefficient (Wildman–Crippen LogP) is 3.13. The van der Waals surface area contributed by atoms with Gasteiger partial charge >= 0.3 is 5.97 Å². The largest absolute Gasteiger partial charge is 0.478 e. The molecule has 104 valence electrons. The molecular weight excluding hydrogens is 244 g/mol. The van der Waals surface area contributed by atoms with Gasteiger partial charge in [-0.3, -0.25) is 4.79 Å². The van der Waals surface area contributed by atoms with Gasteiger partial charge in [-0.05, 0) is 18.1 Å². The third-order valence-electron chi connectivity index (χ3n) is 2.15. The van der Waals surface area contributed by atoms with E-state index in [1.165, 1.54) is 6.42 Å². The van der Waals surface area contributed by atoms with Crippen LogP contribution in [0.3, 0.4) is 0 Å². The van der Waals surface area contributed by atoms with E-state index in [0.717, 1.165) is 24.5 Å². The molecule has 4 heteroatoms. The highest BCUT2D eigenvalue weighted by molar-refractivity contribution is 5.85. The first kappa shape index (κ1) is 16.9. The van der Waals surface area contributed by atoms with Crippen LogP contribution in [-0.4, -0.2) is 24.2 Å². The molecule has 1 rings (SSSR count). The maximum Gasteiger partial charge on any atom is 0.328 e. The van der Waals surface area contributed by atoms with E-state index in [4.69, 9.17) is 5.11 Å². The Labute approximate surface area is 113 Å². The fourth-order valence-corrected chi connectivity index (χ4v) is 1.22. The maximum absolute atomic E-state index is 10.1. The van der Waals surface area contributed by atoms with Crippen LogP contribution in [-0.2, 0) is 14.3 Å². The quantitative estimate of drug-likeness (QED) is 0.467. The second-order valence-corrected chi connectivity index (χ2v) is 3.76. The molecule has 1 aromatic carbocycles. The van der Waals surface area contributed by atoms with Gasteiger partial charge in [0.25, 0.3) is 6.47 Å². The Morgan fingerprint density at radius 3 is 2.47 bits per heavy atom. The van der Waals surface area contributed by atoms with E-state index < -0.39 is 5.97 Å². The summed E-state index contributed by atoms with van der Waals surface area (Å²) in [5.74, 6) is -0.922. The zero-order valence-electron chi connectivity index (χ0n) is 11.1. The molecule has 0 atom stereocenters. The smallest absolute Gasteiger partial charge is 0.328 e. The Kier molecular flexibility index (Phi) is 11.0. The molecule has 1 aromatic rings. The number of carbonyl (C=O) groups is 2. The van der Waals surface area contributed by atoms with Gasteiger partial charge in [0.2, 0.25) is 0 Å². The van der Waals surface area contributed by atoms with E-state index in [1.807, 2.05) is 30.3 Å². The summed E-state index contributed by atoms with van der Waals surface area (Å²) in [6, 6.07) is 9.31. The van der Waals surface area contributed by atoms with Gasteiger partial charge in [-0.2, -0.15) is 0 Å².